The Hall–Kier alpha value is -3.80. The SMILES string of the molecule is O=C(OOc1ccccc1)c1ccccc1C(=O)OOc1ccccc1. The van der Waals surface area contributed by atoms with Crippen LogP contribution in [0.1, 0.15) is 20.7 Å². The van der Waals surface area contributed by atoms with Crippen molar-refractivity contribution >= 4 is 11.9 Å². The van der Waals surface area contributed by atoms with Crippen LogP contribution in [0.25, 0.3) is 0 Å². The monoisotopic (exact) mass is 350 g/mol. The maximum Gasteiger partial charge on any atom is 0.387 e. The van der Waals surface area contributed by atoms with Crippen molar-refractivity contribution in [3.8, 4) is 11.5 Å². The van der Waals surface area contributed by atoms with Gasteiger partial charge in [0.2, 0.25) is 0 Å². The molecule has 0 saturated carbocycles. The highest BCUT2D eigenvalue weighted by Crippen LogP contribution is 2.16. The van der Waals surface area contributed by atoms with Gasteiger partial charge in [-0.3, -0.25) is 9.78 Å². The molecule has 26 heavy (non-hydrogen) atoms. The van der Waals surface area contributed by atoms with E-state index in [2.05, 4.69) is 0 Å². The van der Waals surface area contributed by atoms with Crippen molar-refractivity contribution in [2.45, 2.75) is 0 Å². The molecule has 0 amide bonds. The van der Waals surface area contributed by atoms with E-state index >= 15 is 0 Å². The fourth-order valence-corrected chi connectivity index (χ4v) is 2.05. The van der Waals surface area contributed by atoms with E-state index < -0.39 is 11.9 Å². The van der Waals surface area contributed by atoms with Gasteiger partial charge in [-0.25, -0.2) is 19.4 Å². The summed E-state index contributed by atoms with van der Waals surface area (Å²) in [5.74, 6) is -0.955. The van der Waals surface area contributed by atoms with Crippen LogP contribution in [-0.4, -0.2) is 11.9 Å². The van der Waals surface area contributed by atoms with Crippen molar-refractivity contribution in [2.24, 2.45) is 0 Å². The van der Waals surface area contributed by atoms with Crippen LogP contribution in [-0.2, 0) is 9.78 Å². The predicted octanol–water partition coefficient (Wildman–Crippen LogP) is 3.99. The van der Waals surface area contributed by atoms with E-state index in [9.17, 15) is 9.59 Å². The first-order chi connectivity index (χ1) is 12.7. The second-order valence-electron chi connectivity index (χ2n) is 5.08. The minimum Gasteiger partial charge on any atom is -0.287 e. The van der Waals surface area contributed by atoms with Crippen molar-refractivity contribution < 1.29 is 29.1 Å². The van der Waals surface area contributed by atoms with Gasteiger partial charge in [0.1, 0.15) is 0 Å². The Balaban J connectivity index is 1.66. The van der Waals surface area contributed by atoms with Crippen LogP contribution in [0.4, 0.5) is 0 Å². The summed E-state index contributed by atoms with van der Waals surface area (Å²) in [4.78, 5) is 43.9. The van der Waals surface area contributed by atoms with Crippen LogP contribution in [0.2, 0.25) is 0 Å². The third-order valence-corrected chi connectivity index (χ3v) is 3.28. The van der Waals surface area contributed by atoms with Crippen molar-refractivity contribution in [3.05, 3.63) is 96.1 Å². The second kappa shape index (κ2) is 8.34. The predicted molar refractivity (Wildman–Crippen MR) is 91.4 cm³/mol. The first-order valence-corrected chi connectivity index (χ1v) is 7.71. The third-order valence-electron chi connectivity index (χ3n) is 3.28. The van der Waals surface area contributed by atoms with Crippen molar-refractivity contribution in [1.29, 1.82) is 0 Å². The summed E-state index contributed by atoms with van der Waals surface area (Å²) < 4.78 is 0. The fourth-order valence-electron chi connectivity index (χ4n) is 2.05. The molecule has 3 rings (SSSR count). The Bertz CT molecular complexity index is 803. The van der Waals surface area contributed by atoms with Gasteiger partial charge >= 0.3 is 11.9 Å². The van der Waals surface area contributed by atoms with Crippen LogP contribution < -0.4 is 9.78 Å². The molecule has 6 heteroatoms. The summed E-state index contributed by atoms with van der Waals surface area (Å²) in [5.41, 5.74) is -0.0183. The minimum absolute atomic E-state index is 0.00917. The second-order valence-corrected chi connectivity index (χ2v) is 5.08. The summed E-state index contributed by atoms with van der Waals surface area (Å²) >= 11 is 0. The lowest BCUT2D eigenvalue weighted by Gasteiger charge is -2.08. The molecule has 0 heterocycles. The number of para-hydroxylation sites is 2. The topological polar surface area (TPSA) is 71.1 Å². The van der Waals surface area contributed by atoms with Gasteiger partial charge in [0.05, 0.1) is 11.1 Å². The number of benzene rings is 3. The zero-order chi connectivity index (χ0) is 18.2. The molecule has 0 aliphatic heterocycles. The molecular formula is C20H14O6. The molecule has 0 aliphatic carbocycles. The molecule has 0 fully saturated rings. The van der Waals surface area contributed by atoms with Gasteiger partial charge in [-0.1, -0.05) is 48.5 Å². The summed E-state index contributed by atoms with van der Waals surface area (Å²) in [6.45, 7) is 0. The molecule has 0 saturated heterocycles. The van der Waals surface area contributed by atoms with Gasteiger partial charge in [0, 0.05) is 0 Å². The molecule has 0 spiro atoms. The highest BCUT2D eigenvalue weighted by atomic mass is 17.2. The number of rotatable bonds is 6. The van der Waals surface area contributed by atoms with E-state index in [1.165, 1.54) is 12.1 Å². The van der Waals surface area contributed by atoms with E-state index in [0.29, 0.717) is 11.5 Å². The van der Waals surface area contributed by atoms with Gasteiger partial charge in [0.15, 0.2) is 11.5 Å². The van der Waals surface area contributed by atoms with E-state index in [0.717, 1.165) is 0 Å². The van der Waals surface area contributed by atoms with E-state index in [1.54, 1.807) is 72.8 Å². The average Bonchev–Trinajstić information content (AvgIpc) is 2.72. The summed E-state index contributed by atoms with van der Waals surface area (Å²) in [6, 6.07) is 23.1. The molecule has 0 atom stereocenters. The standard InChI is InChI=1S/C20H14O6/c21-19(25-23-15-9-3-1-4-10-15)17-13-7-8-14-18(17)20(22)26-24-16-11-5-2-6-12-16/h1-14H. The minimum atomic E-state index is -0.832. The first-order valence-electron chi connectivity index (χ1n) is 7.71. The van der Waals surface area contributed by atoms with Gasteiger partial charge in [0.25, 0.3) is 0 Å². The molecule has 0 bridgehead atoms. The Morgan fingerprint density at radius 3 is 1.23 bits per heavy atom. The first kappa shape index (κ1) is 17.0. The lowest BCUT2D eigenvalue weighted by Crippen LogP contribution is -2.16. The Labute approximate surface area is 149 Å². The lowest BCUT2D eigenvalue weighted by molar-refractivity contribution is -0.152. The van der Waals surface area contributed by atoms with Crippen LogP contribution in [0.3, 0.4) is 0 Å². The average molecular weight is 350 g/mol. The van der Waals surface area contributed by atoms with Gasteiger partial charge in [-0.2, -0.15) is 0 Å². The highest BCUT2D eigenvalue weighted by molar-refractivity contribution is 6.02. The molecule has 3 aromatic carbocycles. The van der Waals surface area contributed by atoms with Crippen LogP contribution >= 0.6 is 0 Å². The molecule has 0 aromatic heterocycles. The Morgan fingerprint density at radius 1 is 0.500 bits per heavy atom. The van der Waals surface area contributed by atoms with Crippen molar-refractivity contribution in [1.82, 2.24) is 0 Å². The van der Waals surface area contributed by atoms with E-state index in [1.807, 2.05) is 0 Å². The Kier molecular flexibility index (Phi) is 5.47. The smallest absolute Gasteiger partial charge is 0.287 e. The molecule has 0 N–H and O–H groups in total. The lowest BCUT2D eigenvalue weighted by atomic mass is 10.1. The zero-order valence-electron chi connectivity index (χ0n) is 13.5. The fraction of sp³-hybridized carbons (Fsp3) is 0. The molecule has 6 nitrogen and oxygen atoms in total. The molecule has 0 unspecified atom stereocenters. The van der Waals surface area contributed by atoms with Crippen LogP contribution in [0.15, 0.2) is 84.9 Å². The van der Waals surface area contributed by atoms with Gasteiger partial charge < -0.3 is 0 Å². The summed E-state index contributed by atoms with van der Waals surface area (Å²) in [7, 11) is 0. The third kappa shape index (κ3) is 4.39. The maximum atomic E-state index is 12.2. The molecule has 130 valence electrons. The Morgan fingerprint density at radius 2 is 0.846 bits per heavy atom. The normalized spacial score (nSPS) is 9.85. The van der Waals surface area contributed by atoms with Gasteiger partial charge in [-0.05, 0) is 36.4 Å². The maximum absolute atomic E-state index is 12.2. The van der Waals surface area contributed by atoms with Crippen LogP contribution in [0, 0.1) is 0 Å². The number of carbonyl (C=O) groups is 2. The summed E-state index contributed by atoms with van der Waals surface area (Å²) in [5, 5.41) is 0. The van der Waals surface area contributed by atoms with Crippen LogP contribution in [0.5, 0.6) is 11.5 Å². The quantitative estimate of drug-likeness (QED) is 0.494. The van der Waals surface area contributed by atoms with E-state index in [4.69, 9.17) is 19.6 Å². The molecular weight excluding hydrogens is 336 g/mol. The molecule has 3 aromatic rings. The summed E-state index contributed by atoms with van der Waals surface area (Å²) in [6.07, 6.45) is 0. The highest BCUT2D eigenvalue weighted by Gasteiger charge is 2.21. The van der Waals surface area contributed by atoms with Gasteiger partial charge in [-0.15, -0.1) is 0 Å². The largest absolute Gasteiger partial charge is 0.387 e. The number of carbonyl (C=O) groups excluding carboxylic acids is 2. The molecule has 0 radical (unpaired) electrons. The number of hydrogen-bond acceptors (Lipinski definition) is 6. The van der Waals surface area contributed by atoms with Crippen molar-refractivity contribution in [3.63, 3.8) is 0 Å². The zero-order valence-corrected chi connectivity index (χ0v) is 13.5. The number of hydrogen-bond donors (Lipinski definition) is 0. The van der Waals surface area contributed by atoms with Crippen molar-refractivity contribution in [2.75, 3.05) is 0 Å². The molecule has 0 aliphatic rings. The van der Waals surface area contributed by atoms with E-state index in [-0.39, 0.29) is 11.1 Å².